The molecule has 0 aliphatic carbocycles. The molecule has 1 unspecified atom stereocenters. The number of benzene rings is 1. The zero-order valence-corrected chi connectivity index (χ0v) is 19.1. The van der Waals surface area contributed by atoms with Gasteiger partial charge in [-0.05, 0) is 66.4 Å². The van der Waals surface area contributed by atoms with E-state index in [4.69, 9.17) is 0 Å². The van der Waals surface area contributed by atoms with Gasteiger partial charge in [0, 0.05) is 22.8 Å². The van der Waals surface area contributed by atoms with Crippen LogP contribution in [0.25, 0.3) is 0 Å². The first-order chi connectivity index (χ1) is 15.3. The number of aryl methyl sites for hydroxylation is 1. The van der Waals surface area contributed by atoms with E-state index in [9.17, 15) is 19.5 Å². The van der Waals surface area contributed by atoms with Crippen molar-refractivity contribution in [3.8, 4) is 0 Å². The molecule has 3 amide bonds. The van der Waals surface area contributed by atoms with Crippen molar-refractivity contribution >= 4 is 51.8 Å². The number of rotatable bonds is 5. The summed E-state index contributed by atoms with van der Waals surface area (Å²) >= 11 is 2.79. The zero-order chi connectivity index (χ0) is 22.7. The maximum absolute atomic E-state index is 12.8. The molecule has 1 aromatic carbocycles. The number of hydrogen-bond acceptors (Lipinski definition) is 6. The molecule has 0 bridgehead atoms. The highest BCUT2D eigenvalue weighted by Gasteiger charge is 2.27. The molecule has 0 saturated carbocycles. The van der Waals surface area contributed by atoms with Crippen molar-refractivity contribution in [3.63, 3.8) is 0 Å². The van der Waals surface area contributed by atoms with Crippen LogP contribution < -0.4 is 15.5 Å². The first-order valence-electron chi connectivity index (χ1n) is 10.2. The Balaban J connectivity index is 1.40. The fraction of sp³-hybridized carbons (Fsp3) is 0.261. The molecular formula is C23H23N3O4S2. The SMILES string of the molecule is CC(O)(CNC(=O)C(=O)Nc1ccc2c(c1)CCCN2C(=O)c1cccs1)c1cccs1. The minimum absolute atomic E-state index is 0.0325. The molecule has 3 N–H and O–H groups in total. The summed E-state index contributed by atoms with van der Waals surface area (Å²) in [5, 5.41) is 19.3. The molecule has 4 rings (SSSR count). The van der Waals surface area contributed by atoms with Gasteiger partial charge in [-0.1, -0.05) is 12.1 Å². The average molecular weight is 470 g/mol. The third kappa shape index (κ3) is 4.74. The predicted octanol–water partition coefficient (Wildman–Crippen LogP) is 3.37. The summed E-state index contributed by atoms with van der Waals surface area (Å²) in [7, 11) is 0. The molecule has 1 atom stereocenters. The highest BCUT2D eigenvalue weighted by Crippen LogP contribution is 2.31. The summed E-state index contributed by atoms with van der Waals surface area (Å²) in [6.45, 7) is 2.15. The van der Waals surface area contributed by atoms with Crippen LogP contribution in [0.2, 0.25) is 0 Å². The van der Waals surface area contributed by atoms with E-state index < -0.39 is 17.4 Å². The highest BCUT2D eigenvalue weighted by molar-refractivity contribution is 7.12. The lowest BCUT2D eigenvalue weighted by Crippen LogP contribution is -2.43. The maximum Gasteiger partial charge on any atom is 0.313 e. The van der Waals surface area contributed by atoms with E-state index >= 15 is 0 Å². The van der Waals surface area contributed by atoms with E-state index in [0.717, 1.165) is 24.1 Å². The van der Waals surface area contributed by atoms with Crippen molar-refractivity contribution in [1.29, 1.82) is 0 Å². The van der Waals surface area contributed by atoms with Crippen LogP contribution in [-0.4, -0.2) is 35.9 Å². The number of amides is 3. The smallest absolute Gasteiger partial charge is 0.313 e. The number of nitrogens with zero attached hydrogens (tertiary/aromatic N) is 1. The first-order valence-corrected chi connectivity index (χ1v) is 11.9. The lowest BCUT2D eigenvalue weighted by atomic mass is 10.0. The van der Waals surface area contributed by atoms with Gasteiger partial charge in [-0.2, -0.15) is 0 Å². The monoisotopic (exact) mass is 469 g/mol. The van der Waals surface area contributed by atoms with Crippen LogP contribution in [0.5, 0.6) is 0 Å². The fourth-order valence-electron chi connectivity index (χ4n) is 3.61. The lowest BCUT2D eigenvalue weighted by molar-refractivity contribution is -0.136. The number of nitrogens with one attached hydrogen (secondary N) is 2. The van der Waals surface area contributed by atoms with Crippen LogP contribution in [-0.2, 0) is 21.6 Å². The Kier molecular flexibility index (Phi) is 6.40. The molecule has 0 spiro atoms. The second-order valence-electron chi connectivity index (χ2n) is 7.77. The third-order valence-electron chi connectivity index (χ3n) is 5.28. The van der Waals surface area contributed by atoms with E-state index in [2.05, 4.69) is 10.6 Å². The second-order valence-corrected chi connectivity index (χ2v) is 9.66. The summed E-state index contributed by atoms with van der Waals surface area (Å²) in [4.78, 5) is 40.5. The summed E-state index contributed by atoms with van der Waals surface area (Å²) in [6.07, 6.45) is 1.60. The number of hydrogen-bond donors (Lipinski definition) is 3. The van der Waals surface area contributed by atoms with Crippen LogP contribution in [0.4, 0.5) is 11.4 Å². The summed E-state index contributed by atoms with van der Waals surface area (Å²) in [5.41, 5.74) is 0.998. The number of fused-ring (bicyclic) bond motifs is 1. The Morgan fingerprint density at radius 1 is 1.09 bits per heavy atom. The number of carbonyl (C=O) groups excluding carboxylic acids is 3. The van der Waals surface area contributed by atoms with Gasteiger partial charge in [-0.25, -0.2) is 0 Å². The van der Waals surface area contributed by atoms with E-state index in [1.165, 1.54) is 22.7 Å². The Bertz CT molecular complexity index is 1120. The molecule has 3 heterocycles. The number of thiophene rings is 2. The molecule has 0 saturated heterocycles. The van der Waals surface area contributed by atoms with E-state index in [0.29, 0.717) is 22.0 Å². The van der Waals surface area contributed by atoms with E-state index in [1.807, 2.05) is 29.0 Å². The Labute approximate surface area is 193 Å². The maximum atomic E-state index is 12.8. The van der Waals surface area contributed by atoms with Crippen molar-refractivity contribution in [1.82, 2.24) is 5.32 Å². The van der Waals surface area contributed by atoms with Gasteiger partial charge in [0.05, 0.1) is 11.4 Å². The van der Waals surface area contributed by atoms with Crippen LogP contribution in [0.1, 0.15) is 33.5 Å². The number of anilines is 2. The topological polar surface area (TPSA) is 98.7 Å². The van der Waals surface area contributed by atoms with Gasteiger partial charge in [0.15, 0.2) is 0 Å². The van der Waals surface area contributed by atoms with Crippen molar-refractivity contribution in [2.24, 2.45) is 0 Å². The van der Waals surface area contributed by atoms with Gasteiger partial charge in [-0.3, -0.25) is 14.4 Å². The first kappa shape index (κ1) is 22.2. The largest absolute Gasteiger partial charge is 0.383 e. The van der Waals surface area contributed by atoms with Gasteiger partial charge in [0.25, 0.3) is 5.91 Å². The van der Waals surface area contributed by atoms with E-state index in [-0.39, 0.29) is 12.5 Å². The van der Waals surface area contributed by atoms with Crippen LogP contribution in [0.3, 0.4) is 0 Å². The number of carbonyl (C=O) groups is 3. The lowest BCUT2D eigenvalue weighted by Gasteiger charge is -2.29. The zero-order valence-electron chi connectivity index (χ0n) is 17.5. The van der Waals surface area contributed by atoms with Gasteiger partial charge in [0.1, 0.15) is 5.60 Å². The minimum atomic E-state index is -1.26. The molecule has 9 heteroatoms. The normalized spacial score (nSPS) is 14.9. The van der Waals surface area contributed by atoms with Gasteiger partial charge >= 0.3 is 11.8 Å². The summed E-state index contributed by atoms with van der Waals surface area (Å²) in [6, 6.07) is 12.5. The van der Waals surface area contributed by atoms with Crippen LogP contribution in [0.15, 0.2) is 53.2 Å². The van der Waals surface area contributed by atoms with Gasteiger partial charge < -0.3 is 20.6 Å². The third-order valence-corrected chi connectivity index (χ3v) is 7.27. The molecule has 32 heavy (non-hydrogen) atoms. The van der Waals surface area contributed by atoms with Crippen LogP contribution >= 0.6 is 22.7 Å². The van der Waals surface area contributed by atoms with Gasteiger partial charge in [-0.15, -0.1) is 22.7 Å². The van der Waals surface area contributed by atoms with E-state index in [1.54, 1.807) is 36.1 Å². The molecule has 2 aromatic heterocycles. The molecule has 166 valence electrons. The Morgan fingerprint density at radius 3 is 2.59 bits per heavy atom. The fourth-order valence-corrected chi connectivity index (χ4v) is 5.07. The molecule has 0 radical (unpaired) electrons. The molecule has 7 nitrogen and oxygen atoms in total. The van der Waals surface area contributed by atoms with Crippen molar-refractivity contribution in [2.45, 2.75) is 25.4 Å². The van der Waals surface area contributed by atoms with Crippen molar-refractivity contribution in [2.75, 3.05) is 23.3 Å². The number of aliphatic hydroxyl groups is 1. The molecular weight excluding hydrogens is 446 g/mol. The standard InChI is InChI=1S/C23H23N3O4S2/c1-23(30,19-7-4-12-32-19)14-24-20(27)21(28)25-16-8-9-17-15(13-16)5-2-10-26(17)22(29)18-6-3-11-31-18/h3-4,6-9,11-13,30H,2,5,10,14H2,1H3,(H,24,27)(H,25,28). The average Bonchev–Trinajstić information content (AvgIpc) is 3.51. The Hall–Kier alpha value is -3.01. The molecule has 3 aromatic rings. The summed E-state index contributed by atoms with van der Waals surface area (Å²) < 4.78 is 0. The van der Waals surface area contributed by atoms with Crippen molar-refractivity contribution in [3.05, 3.63) is 68.5 Å². The van der Waals surface area contributed by atoms with Crippen molar-refractivity contribution < 1.29 is 19.5 Å². The minimum Gasteiger partial charge on any atom is -0.383 e. The van der Waals surface area contributed by atoms with Crippen LogP contribution in [0, 0.1) is 0 Å². The quantitative estimate of drug-likeness (QED) is 0.499. The summed E-state index contributed by atoms with van der Waals surface area (Å²) in [5.74, 6) is -1.67. The molecule has 0 fully saturated rings. The van der Waals surface area contributed by atoms with Gasteiger partial charge in [0.2, 0.25) is 0 Å². The highest BCUT2D eigenvalue weighted by atomic mass is 32.1. The Morgan fingerprint density at radius 2 is 1.88 bits per heavy atom. The molecule has 1 aliphatic heterocycles. The second kappa shape index (κ2) is 9.23. The molecule has 1 aliphatic rings. The predicted molar refractivity (Wildman–Crippen MR) is 126 cm³/mol.